The summed E-state index contributed by atoms with van der Waals surface area (Å²) in [4.78, 5) is 3.84. The van der Waals surface area contributed by atoms with Crippen molar-refractivity contribution in [2.45, 2.75) is 18.5 Å². The maximum atomic E-state index is 12.1. The number of benzene rings is 1. The third-order valence-electron chi connectivity index (χ3n) is 2.59. The summed E-state index contributed by atoms with van der Waals surface area (Å²) < 4.78 is 28.2. The van der Waals surface area contributed by atoms with Gasteiger partial charge in [0.05, 0.1) is 28.7 Å². The molecule has 0 spiro atoms. The van der Waals surface area contributed by atoms with Crippen LogP contribution in [0.25, 0.3) is 0 Å². The molecule has 0 saturated carbocycles. The van der Waals surface area contributed by atoms with Gasteiger partial charge in [0.2, 0.25) is 0 Å². The molecule has 1 aromatic carbocycles. The lowest BCUT2D eigenvalue weighted by Crippen LogP contribution is -2.13. The second-order valence-corrected chi connectivity index (χ2v) is 5.99. The Morgan fingerprint density at radius 3 is 2.80 bits per heavy atom. The van der Waals surface area contributed by atoms with Gasteiger partial charge in [0.1, 0.15) is 0 Å². The zero-order valence-electron chi connectivity index (χ0n) is 10.5. The molecule has 2 aromatic rings. The number of aryl methyl sites for hydroxylation is 1. The second kappa shape index (κ2) is 5.53. The van der Waals surface area contributed by atoms with Crippen molar-refractivity contribution in [3.05, 3.63) is 41.3 Å². The number of nitriles is 1. The minimum atomic E-state index is -3.79. The highest BCUT2D eigenvalue weighted by atomic mass is 35.5. The van der Waals surface area contributed by atoms with E-state index in [0.717, 1.165) is 0 Å². The van der Waals surface area contributed by atoms with Crippen molar-refractivity contribution in [1.82, 2.24) is 9.55 Å². The zero-order chi connectivity index (χ0) is 14.8. The van der Waals surface area contributed by atoms with Gasteiger partial charge in [-0.05, 0) is 25.1 Å². The summed E-state index contributed by atoms with van der Waals surface area (Å²) in [6.45, 7) is 2.50. The van der Waals surface area contributed by atoms with Gasteiger partial charge in [-0.2, -0.15) is 13.7 Å². The van der Waals surface area contributed by atoms with E-state index in [0.29, 0.717) is 12.1 Å². The molecule has 0 amide bonds. The summed E-state index contributed by atoms with van der Waals surface area (Å²) in [6.07, 6.45) is 2.87. The van der Waals surface area contributed by atoms with Gasteiger partial charge in [-0.1, -0.05) is 11.6 Å². The van der Waals surface area contributed by atoms with E-state index in [4.69, 9.17) is 16.9 Å². The predicted molar refractivity (Wildman–Crippen MR) is 74.9 cm³/mol. The van der Waals surface area contributed by atoms with Crippen molar-refractivity contribution in [1.29, 1.82) is 5.26 Å². The highest BCUT2D eigenvalue weighted by Gasteiger charge is 2.18. The predicted octanol–water partition coefficient (Wildman–Crippen LogP) is 2.23. The Labute approximate surface area is 121 Å². The van der Waals surface area contributed by atoms with Crippen molar-refractivity contribution in [3.63, 3.8) is 0 Å². The van der Waals surface area contributed by atoms with Crippen LogP contribution in [-0.4, -0.2) is 18.0 Å². The number of imidazole rings is 1. The fourth-order valence-electron chi connectivity index (χ4n) is 1.52. The molecule has 0 aliphatic carbocycles. The highest BCUT2D eigenvalue weighted by Crippen LogP contribution is 2.25. The first-order valence-electron chi connectivity index (χ1n) is 5.70. The third-order valence-corrected chi connectivity index (χ3v) is 4.16. The Morgan fingerprint density at radius 2 is 2.25 bits per heavy atom. The largest absolute Gasteiger partial charge is 0.336 e. The van der Waals surface area contributed by atoms with Crippen LogP contribution in [0.2, 0.25) is 5.02 Å². The van der Waals surface area contributed by atoms with Gasteiger partial charge in [0.15, 0.2) is 5.03 Å². The van der Waals surface area contributed by atoms with E-state index in [1.807, 2.05) is 13.0 Å². The summed E-state index contributed by atoms with van der Waals surface area (Å²) in [6, 6.07) is 6.24. The number of nitrogens with zero attached hydrogens (tertiary/aromatic N) is 3. The lowest BCUT2D eigenvalue weighted by atomic mass is 10.2. The standard InChI is InChI=1S/C12H11ClN4O2S/c1-2-17-7-12(15-8-17)20(18,19)16-11-4-3-9(6-14)5-10(11)13/h3-5,7-8,16H,2H2,1H3. The van der Waals surface area contributed by atoms with Gasteiger partial charge in [-0.25, -0.2) is 4.98 Å². The minimum Gasteiger partial charge on any atom is -0.336 e. The van der Waals surface area contributed by atoms with E-state index in [2.05, 4.69) is 9.71 Å². The van der Waals surface area contributed by atoms with Crippen LogP contribution in [0.1, 0.15) is 12.5 Å². The normalized spacial score (nSPS) is 11.1. The van der Waals surface area contributed by atoms with Crippen LogP contribution in [0.3, 0.4) is 0 Å². The topological polar surface area (TPSA) is 87.8 Å². The van der Waals surface area contributed by atoms with E-state index >= 15 is 0 Å². The van der Waals surface area contributed by atoms with Gasteiger partial charge in [0, 0.05) is 12.7 Å². The van der Waals surface area contributed by atoms with Crippen molar-refractivity contribution in [2.24, 2.45) is 0 Å². The lowest BCUT2D eigenvalue weighted by molar-refractivity contribution is 0.598. The third kappa shape index (κ3) is 2.92. The van der Waals surface area contributed by atoms with E-state index in [1.165, 1.54) is 30.7 Å². The van der Waals surface area contributed by atoms with Gasteiger partial charge >= 0.3 is 0 Å². The Kier molecular flexibility index (Phi) is 3.97. The molecule has 2 rings (SSSR count). The highest BCUT2D eigenvalue weighted by molar-refractivity contribution is 7.92. The van der Waals surface area contributed by atoms with Crippen LogP contribution < -0.4 is 4.72 Å². The van der Waals surface area contributed by atoms with Crippen molar-refractivity contribution in [3.8, 4) is 6.07 Å². The SMILES string of the molecule is CCn1cnc(S(=O)(=O)Nc2ccc(C#N)cc2Cl)c1. The number of rotatable bonds is 4. The maximum absolute atomic E-state index is 12.1. The van der Waals surface area contributed by atoms with Crippen LogP contribution in [-0.2, 0) is 16.6 Å². The Morgan fingerprint density at radius 1 is 1.50 bits per heavy atom. The molecule has 104 valence electrons. The maximum Gasteiger partial charge on any atom is 0.280 e. The quantitative estimate of drug-likeness (QED) is 0.938. The molecule has 0 radical (unpaired) electrons. The number of hydrogen-bond donors (Lipinski definition) is 1. The molecule has 20 heavy (non-hydrogen) atoms. The van der Waals surface area contributed by atoms with Crippen LogP contribution in [0.15, 0.2) is 35.7 Å². The number of halogens is 1. The first kappa shape index (κ1) is 14.4. The molecule has 0 aliphatic rings. The summed E-state index contributed by atoms with van der Waals surface area (Å²) >= 11 is 5.93. The monoisotopic (exact) mass is 310 g/mol. The van der Waals surface area contributed by atoms with Crippen molar-refractivity contribution < 1.29 is 8.42 Å². The molecule has 0 bridgehead atoms. The smallest absolute Gasteiger partial charge is 0.280 e. The molecular weight excluding hydrogens is 300 g/mol. The van der Waals surface area contributed by atoms with E-state index < -0.39 is 10.0 Å². The molecule has 8 heteroatoms. The molecule has 0 fully saturated rings. The summed E-state index contributed by atoms with van der Waals surface area (Å²) in [5.74, 6) is 0. The number of aromatic nitrogens is 2. The zero-order valence-corrected chi connectivity index (χ0v) is 12.1. The van der Waals surface area contributed by atoms with Crippen LogP contribution in [0.5, 0.6) is 0 Å². The number of nitrogens with one attached hydrogen (secondary N) is 1. The van der Waals surface area contributed by atoms with Gasteiger partial charge in [0.25, 0.3) is 10.0 Å². The van der Waals surface area contributed by atoms with E-state index in [-0.39, 0.29) is 15.7 Å². The molecule has 0 aliphatic heterocycles. The first-order chi connectivity index (χ1) is 9.46. The molecule has 1 N–H and O–H groups in total. The fourth-order valence-corrected chi connectivity index (χ4v) is 2.83. The molecule has 0 atom stereocenters. The Bertz CT molecular complexity index is 777. The number of sulfonamides is 1. The Hall–Kier alpha value is -2.04. The molecule has 0 unspecified atom stereocenters. The minimum absolute atomic E-state index is 0.0835. The van der Waals surface area contributed by atoms with Gasteiger partial charge in [-0.15, -0.1) is 0 Å². The summed E-state index contributed by atoms with van der Waals surface area (Å²) in [7, 11) is -3.79. The molecule has 0 saturated heterocycles. The second-order valence-electron chi connectivity index (χ2n) is 3.95. The summed E-state index contributed by atoms with van der Waals surface area (Å²) in [5.41, 5.74) is 0.560. The Balaban J connectivity index is 2.31. The average Bonchev–Trinajstić information content (AvgIpc) is 2.90. The van der Waals surface area contributed by atoms with Crippen LogP contribution >= 0.6 is 11.6 Å². The van der Waals surface area contributed by atoms with Gasteiger partial charge in [-0.3, -0.25) is 4.72 Å². The van der Waals surface area contributed by atoms with E-state index in [1.54, 1.807) is 4.57 Å². The fraction of sp³-hybridized carbons (Fsp3) is 0.167. The summed E-state index contributed by atoms with van der Waals surface area (Å²) in [5, 5.41) is 8.80. The molecular formula is C12H11ClN4O2S. The molecule has 1 heterocycles. The van der Waals surface area contributed by atoms with Crippen LogP contribution in [0.4, 0.5) is 5.69 Å². The first-order valence-corrected chi connectivity index (χ1v) is 7.56. The number of hydrogen-bond acceptors (Lipinski definition) is 4. The average molecular weight is 311 g/mol. The van der Waals surface area contributed by atoms with Crippen molar-refractivity contribution >= 4 is 27.3 Å². The van der Waals surface area contributed by atoms with E-state index in [9.17, 15) is 8.42 Å². The molecule has 1 aromatic heterocycles. The number of anilines is 1. The lowest BCUT2D eigenvalue weighted by Gasteiger charge is -2.07. The van der Waals surface area contributed by atoms with Gasteiger partial charge < -0.3 is 4.57 Å². The van der Waals surface area contributed by atoms with Crippen LogP contribution in [0, 0.1) is 11.3 Å². The van der Waals surface area contributed by atoms with Crippen molar-refractivity contribution in [2.75, 3.05) is 4.72 Å². The molecule has 6 nitrogen and oxygen atoms in total.